The number of nitrogens with zero attached hydrogens (tertiary/aromatic N) is 3. The second kappa shape index (κ2) is 12.1. The molecule has 0 saturated heterocycles. The van der Waals surface area contributed by atoms with Crippen LogP contribution in [0.5, 0.6) is 5.75 Å². The number of hydrogen-bond donors (Lipinski definition) is 1. The van der Waals surface area contributed by atoms with Crippen LogP contribution >= 0.6 is 11.8 Å². The molecule has 1 aliphatic heterocycles. The van der Waals surface area contributed by atoms with Gasteiger partial charge in [-0.2, -0.15) is 8.78 Å². The first-order valence-electron chi connectivity index (χ1n) is 12.1. The topological polar surface area (TPSA) is 74.2 Å². The first kappa shape index (κ1) is 27.8. The van der Waals surface area contributed by atoms with Gasteiger partial charge in [0.05, 0.1) is 11.4 Å². The highest BCUT2D eigenvalue weighted by Crippen LogP contribution is 2.31. The first-order chi connectivity index (χ1) is 18.6. The Balaban J connectivity index is 1.57. The van der Waals surface area contributed by atoms with Crippen LogP contribution in [0.2, 0.25) is 0 Å². The zero-order valence-electron chi connectivity index (χ0n) is 21.9. The molecular formula is C29H28F2N4O3S. The number of carbonyl (C=O) groups is 2. The molecule has 0 bridgehead atoms. The van der Waals surface area contributed by atoms with Crippen molar-refractivity contribution < 1.29 is 23.1 Å². The molecule has 10 heteroatoms. The van der Waals surface area contributed by atoms with Gasteiger partial charge in [-0.1, -0.05) is 30.0 Å². The van der Waals surface area contributed by atoms with Crippen LogP contribution in [0, 0.1) is 13.8 Å². The van der Waals surface area contributed by atoms with Crippen molar-refractivity contribution in [3.8, 4) is 5.75 Å². The zero-order valence-corrected chi connectivity index (χ0v) is 22.8. The van der Waals surface area contributed by atoms with Gasteiger partial charge in [0.2, 0.25) is 5.91 Å². The standard InChI is InChI=1S/C29H28F2N4O3S/c1-18-13-19(2)15-21(14-18)32-26(36)17-39-29-33-25(16-20-5-7-22(8-6-20)34(3)4)27(37)35(29)23-9-11-24(12-10-23)38-28(30)31/h5-16,28H,17H2,1-4H3,(H,32,36). The van der Waals surface area contributed by atoms with Crippen molar-refractivity contribution in [1.29, 1.82) is 0 Å². The summed E-state index contributed by atoms with van der Waals surface area (Å²) in [7, 11) is 3.88. The molecule has 0 spiro atoms. The van der Waals surface area contributed by atoms with Crippen LogP contribution in [0.1, 0.15) is 16.7 Å². The number of amides is 2. The zero-order chi connectivity index (χ0) is 28.1. The molecule has 4 rings (SSSR count). The highest BCUT2D eigenvalue weighted by Gasteiger charge is 2.32. The van der Waals surface area contributed by atoms with E-state index in [4.69, 9.17) is 0 Å². The van der Waals surface area contributed by atoms with Gasteiger partial charge in [0.25, 0.3) is 5.91 Å². The van der Waals surface area contributed by atoms with E-state index < -0.39 is 12.5 Å². The van der Waals surface area contributed by atoms with Gasteiger partial charge >= 0.3 is 6.61 Å². The van der Waals surface area contributed by atoms with E-state index in [9.17, 15) is 18.4 Å². The molecule has 2 amide bonds. The van der Waals surface area contributed by atoms with Gasteiger partial charge in [0, 0.05) is 25.5 Å². The molecule has 202 valence electrons. The van der Waals surface area contributed by atoms with Crippen LogP contribution in [0.4, 0.5) is 25.8 Å². The second-order valence-electron chi connectivity index (χ2n) is 9.14. The molecule has 1 N–H and O–H groups in total. The van der Waals surface area contributed by atoms with Crippen molar-refractivity contribution in [2.75, 3.05) is 35.0 Å². The molecule has 0 atom stereocenters. The molecule has 1 aliphatic rings. The lowest BCUT2D eigenvalue weighted by Gasteiger charge is -2.18. The summed E-state index contributed by atoms with van der Waals surface area (Å²) < 4.78 is 29.6. The van der Waals surface area contributed by atoms with Crippen LogP contribution in [0.15, 0.2) is 77.4 Å². The van der Waals surface area contributed by atoms with E-state index in [-0.39, 0.29) is 23.1 Å². The van der Waals surface area contributed by atoms with Crippen molar-refractivity contribution in [2.45, 2.75) is 20.5 Å². The number of amidine groups is 1. The van der Waals surface area contributed by atoms with Crippen molar-refractivity contribution in [2.24, 2.45) is 4.99 Å². The Morgan fingerprint density at radius 1 is 1.05 bits per heavy atom. The van der Waals surface area contributed by atoms with Crippen LogP contribution in [-0.2, 0) is 9.59 Å². The maximum absolute atomic E-state index is 13.4. The number of rotatable bonds is 8. The minimum atomic E-state index is -2.96. The SMILES string of the molecule is Cc1cc(C)cc(NC(=O)CSC2=NC(=Cc3ccc(N(C)C)cc3)C(=O)N2c2ccc(OC(F)F)cc2)c1. The second-order valence-corrected chi connectivity index (χ2v) is 10.1. The normalized spacial score (nSPS) is 14.1. The number of aryl methyl sites for hydroxylation is 2. The lowest BCUT2D eigenvalue weighted by molar-refractivity contribution is -0.114. The smallest absolute Gasteiger partial charge is 0.387 e. The summed E-state index contributed by atoms with van der Waals surface area (Å²) in [5.74, 6) is -0.674. The summed E-state index contributed by atoms with van der Waals surface area (Å²) in [6, 6.07) is 19.1. The third kappa shape index (κ3) is 7.23. The number of aliphatic imine (C=N–C) groups is 1. The fraction of sp³-hybridized carbons (Fsp3) is 0.207. The van der Waals surface area contributed by atoms with E-state index in [2.05, 4.69) is 15.0 Å². The highest BCUT2D eigenvalue weighted by atomic mass is 32.2. The third-order valence-electron chi connectivity index (χ3n) is 5.70. The van der Waals surface area contributed by atoms with Crippen molar-refractivity contribution in [1.82, 2.24) is 0 Å². The summed E-state index contributed by atoms with van der Waals surface area (Å²) in [5.41, 5.74) is 5.15. The monoisotopic (exact) mass is 550 g/mol. The quantitative estimate of drug-likeness (QED) is 0.344. The Morgan fingerprint density at radius 2 is 1.69 bits per heavy atom. The maximum atomic E-state index is 13.4. The Labute approximate surface area is 230 Å². The number of thioether (sulfide) groups is 1. The number of alkyl halides is 2. The summed E-state index contributed by atoms with van der Waals surface area (Å²) in [6.07, 6.45) is 1.67. The molecule has 0 aliphatic carbocycles. The van der Waals surface area contributed by atoms with Gasteiger partial charge in [-0.15, -0.1) is 0 Å². The molecule has 3 aromatic carbocycles. The largest absolute Gasteiger partial charge is 0.435 e. The highest BCUT2D eigenvalue weighted by molar-refractivity contribution is 8.14. The number of nitrogens with one attached hydrogen (secondary N) is 1. The summed E-state index contributed by atoms with van der Waals surface area (Å²) in [6.45, 7) is 0.947. The summed E-state index contributed by atoms with van der Waals surface area (Å²) in [5, 5.41) is 3.18. The molecule has 0 unspecified atom stereocenters. The fourth-order valence-electron chi connectivity index (χ4n) is 4.00. The summed E-state index contributed by atoms with van der Waals surface area (Å²) >= 11 is 1.11. The van der Waals surface area contributed by atoms with Gasteiger partial charge in [-0.05, 0) is 85.1 Å². The van der Waals surface area contributed by atoms with E-state index in [1.54, 1.807) is 6.08 Å². The Bertz CT molecular complexity index is 1400. The van der Waals surface area contributed by atoms with Gasteiger partial charge in [0.1, 0.15) is 11.4 Å². The average molecular weight is 551 g/mol. The number of benzene rings is 3. The molecule has 0 aromatic heterocycles. The van der Waals surface area contributed by atoms with Crippen LogP contribution in [-0.4, -0.2) is 43.4 Å². The number of ether oxygens (including phenoxy) is 1. The predicted octanol–water partition coefficient (Wildman–Crippen LogP) is 6.09. The van der Waals surface area contributed by atoms with Gasteiger partial charge in [-0.3, -0.25) is 14.5 Å². The van der Waals surface area contributed by atoms with E-state index in [0.29, 0.717) is 16.5 Å². The van der Waals surface area contributed by atoms with Gasteiger partial charge < -0.3 is 15.0 Å². The van der Waals surface area contributed by atoms with E-state index >= 15 is 0 Å². The Hall–Kier alpha value is -4.18. The molecular weight excluding hydrogens is 522 g/mol. The van der Waals surface area contributed by atoms with E-state index in [0.717, 1.165) is 34.1 Å². The van der Waals surface area contributed by atoms with Gasteiger partial charge in [-0.25, -0.2) is 4.99 Å². The van der Waals surface area contributed by atoms with Gasteiger partial charge in [0.15, 0.2) is 5.17 Å². The molecule has 0 fully saturated rings. The Morgan fingerprint density at radius 3 is 2.28 bits per heavy atom. The lowest BCUT2D eigenvalue weighted by Crippen LogP contribution is -2.31. The predicted molar refractivity (Wildman–Crippen MR) is 154 cm³/mol. The molecule has 0 radical (unpaired) electrons. The molecule has 7 nitrogen and oxygen atoms in total. The maximum Gasteiger partial charge on any atom is 0.387 e. The molecule has 1 heterocycles. The lowest BCUT2D eigenvalue weighted by atomic mass is 10.1. The number of halogens is 2. The minimum absolute atomic E-state index is 0.00694. The van der Waals surface area contributed by atoms with Crippen molar-refractivity contribution in [3.63, 3.8) is 0 Å². The summed E-state index contributed by atoms with van der Waals surface area (Å²) in [4.78, 5) is 34.0. The van der Waals surface area contributed by atoms with Crippen LogP contribution in [0.25, 0.3) is 6.08 Å². The van der Waals surface area contributed by atoms with E-state index in [1.807, 2.05) is 75.3 Å². The molecule has 0 saturated carbocycles. The molecule has 39 heavy (non-hydrogen) atoms. The average Bonchev–Trinajstić information content (AvgIpc) is 3.17. The minimum Gasteiger partial charge on any atom is -0.435 e. The number of hydrogen-bond acceptors (Lipinski definition) is 6. The van der Waals surface area contributed by atoms with Crippen LogP contribution < -0.4 is 19.9 Å². The Kier molecular flexibility index (Phi) is 8.65. The van der Waals surface area contributed by atoms with Crippen molar-refractivity contribution >= 4 is 51.9 Å². The number of carbonyl (C=O) groups excluding carboxylic acids is 2. The first-order valence-corrected chi connectivity index (χ1v) is 13.1. The number of anilines is 3. The third-order valence-corrected chi connectivity index (χ3v) is 6.64. The fourth-order valence-corrected chi connectivity index (χ4v) is 4.81. The molecule has 3 aromatic rings. The van der Waals surface area contributed by atoms with E-state index in [1.165, 1.54) is 29.2 Å². The van der Waals surface area contributed by atoms with Crippen LogP contribution in [0.3, 0.4) is 0 Å². The van der Waals surface area contributed by atoms with Crippen molar-refractivity contribution in [3.05, 3.63) is 89.1 Å².